The van der Waals surface area contributed by atoms with E-state index in [1.807, 2.05) is 0 Å². The lowest BCUT2D eigenvalue weighted by Gasteiger charge is -2.00. The number of nitrogens with zero attached hydrogens (tertiary/aromatic N) is 3. The standard InChI is InChI=1S/C12H10N4O4/c1-8(10-4-5-11(20-10)16(18)19)14-15-12(17)9-3-2-6-13-7-9/h2-7H,1H3,(H,15,17). The zero-order chi connectivity index (χ0) is 14.5. The van der Waals surface area contributed by atoms with E-state index >= 15 is 0 Å². The van der Waals surface area contributed by atoms with Crippen molar-refractivity contribution in [2.24, 2.45) is 5.10 Å². The van der Waals surface area contributed by atoms with Crippen molar-refractivity contribution in [2.45, 2.75) is 6.92 Å². The van der Waals surface area contributed by atoms with Crippen LogP contribution in [0.25, 0.3) is 0 Å². The highest BCUT2D eigenvalue weighted by Gasteiger charge is 2.13. The highest BCUT2D eigenvalue weighted by Crippen LogP contribution is 2.16. The molecule has 0 bridgehead atoms. The van der Waals surface area contributed by atoms with Crippen LogP contribution in [-0.2, 0) is 0 Å². The van der Waals surface area contributed by atoms with Gasteiger partial charge in [-0.05, 0) is 25.1 Å². The molecule has 2 aromatic rings. The summed E-state index contributed by atoms with van der Waals surface area (Å²) in [6.07, 6.45) is 2.95. The van der Waals surface area contributed by atoms with Crippen molar-refractivity contribution >= 4 is 17.5 Å². The molecule has 2 aromatic heterocycles. The van der Waals surface area contributed by atoms with Gasteiger partial charge in [-0.3, -0.25) is 19.9 Å². The molecule has 0 atom stereocenters. The summed E-state index contributed by atoms with van der Waals surface area (Å²) < 4.78 is 4.95. The molecule has 20 heavy (non-hydrogen) atoms. The Morgan fingerprint density at radius 2 is 2.25 bits per heavy atom. The Morgan fingerprint density at radius 3 is 2.85 bits per heavy atom. The summed E-state index contributed by atoms with van der Waals surface area (Å²) in [6.45, 7) is 1.56. The quantitative estimate of drug-likeness (QED) is 0.518. The van der Waals surface area contributed by atoms with Crippen molar-refractivity contribution in [1.82, 2.24) is 10.4 Å². The van der Waals surface area contributed by atoms with Crippen molar-refractivity contribution in [1.29, 1.82) is 0 Å². The van der Waals surface area contributed by atoms with Crippen LogP contribution >= 0.6 is 0 Å². The zero-order valence-corrected chi connectivity index (χ0v) is 10.4. The maximum Gasteiger partial charge on any atom is 0.433 e. The highest BCUT2D eigenvalue weighted by molar-refractivity contribution is 5.99. The van der Waals surface area contributed by atoms with Gasteiger partial charge in [0.15, 0.2) is 5.76 Å². The summed E-state index contributed by atoms with van der Waals surface area (Å²) >= 11 is 0. The first-order valence-electron chi connectivity index (χ1n) is 5.57. The summed E-state index contributed by atoms with van der Waals surface area (Å²) in [5.41, 5.74) is 2.99. The largest absolute Gasteiger partial charge is 0.433 e. The smallest absolute Gasteiger partial charge is 0.399 e. The Kier molecular flexibility index (Phi) is 3.85. The van der Waals surface area contributed by atoms with Gasteiger partial charge < -0.3 is 4.42 Å². The molecule has 0 fully saturated rings. The SMILES string of the molecule is CC(=NNC(=O)c1cccnc1)c1ccc([N+](=O)[O-])o1. The lowest BCUT2D eigenvalue weighted by atomic mass is 10.3. The van der Waals surface area contributed by atoms with E-state index < -0.39 is 10.8 Å². The van der Waals surface area contributed by atoms with Crippen LogP contribution in [0.5, 0.6) is 0 Å². The van der Waals surface area contributed by atoms with Crippen molar-refractivity contribution in [3.05, 3.63) is 58.1 Å². The Morgan fingerprint density at radius 1 is 1.45 bits per heavy atom. The maximum atomic E-state index is 11.7. The number of carbonyl (C=O) groups excluding carboxylic acids is 1. The van der Waals surface area contributed by atoms with Crippen LogP contribution in [0.1, 0.15) is 23.0 Å². The van der Waals surface area contributed by atoms with Crippen LogP contribution in [0.4, 0.5) is 5.88 Å². The van der Waals surface area contributed by atoms with E-state index in [0.717, 1.165) is 0 Å². The lowest BCUT2D eigenvalue weighted by molar-refractivity contribution is -0.402. The number of furan rings is 1. The van der Waals surface area contributed by atoms with Gasteiger partial charge in [-0.15, -0.1) is 0 Å². The van der Waals surface area contributed by atoms with E-state index in [9.17, 15) is 14.9 Å². The number of hydrogen-bond acceptors (Lipinski definition) is 6. The molecule has 1 N–H and O–H groups in total. The number of hydrogen-bond donors (Lipinski definition) is 1. The van der Waals surface area contributed by atoms with Gasteiger partial charge >= 0.3 is 5.88 Å². The summed E-state index contributed by atoms with van der Waals surface area (Å²) in [7, 11) is 0. The number of nitrogens with one attached hydrogen (secondary N) is 1. The van der Waals surface area contributed by atoms with E-state index in [0.29, 0.717) is 11.3 Å². The van der Waals surface area contributed by atoms with Gasteiger partial charge in [0.2, 0.25) is 0 Å². The number of pyridine rings is 1. The first-order chi connectivity index (χ1) is 9.58. The van der Waals surface area contributed by atoms with Crippen LogP contribution < -0.4 is 5.43 Å². The number of hydrazone groups is 1. The van der Waals surface area contributed by atoms with Gasteiger partial charge in [0.25, 0.3) is 5.91 Å². The van der Waals surface area contributed by atoms with E-state index in [-0.39, 0.29) is 11.6 Å². The van der Waals surface area contributed by atoms with Crippen LogP contribution in [0.2, 0.25) is 0 Å². The third-order valence-electron chi connectivity index (χ3n) is 2.38. The second-order valence-electron chi connectivity index (χ2n) is 3.77. The molecular formula is C12H10N4O4. The van der Waals surface area contributed by atoms with Gasteiger partial charge in [-0.2, -0.15) is 5.10 Å². The van der Waals surface area contributed by atoms with Crippen molar-refractivity contribution in [2.75, 3.05) is 0 Å². The molecular weight excluding hydrogens is 264 g/mol. The normalized spacial score (nSPS) is 11.2. The highest BCUT2D eigenvalue weighted by atomic mass is 16.6. The van der Waals surface area contributed by atoms with E-state index in [2.05, 4.69) is 15.5 Å². The topological polar surface area (TPSA) is 111 Å². The number of nitro groups is 1. The fourth-order valence-electron chi connectivity index (χ4n) is 1.37. The Balaban J connectivity index is 2.07. The van der Waals surface area contributed by atoms with Crippen LogP contribution in [0.3, 0.4) is 0 Å². The lowest BCUT2D eigenvalue weighted by Crippen LogP contribution is -2.19. The Hall–Kier alpha value is -3.03. The van der Waals surface area contributed by atoms with Gasteiger partial charge in [-0.25, -0.2) is 5.43 Å². The molecule has 0 aliphatic rings. The van der Waals surface area contributed by atoms with E-state index in [1.54, 1.807) is 25.3 Å². The molecule has 102 valence electrons. The first-order valence-corrected chi connectivity index (χ1v) is 5.57. The molecule has 0 aromatic carbocycles. The second-order valence-corrected chi connectivity index (χ2v) is 3.77. The van der Waals surface area contributed by atoms with Crippen LogP contribution in [-0.4, -0.2) is 21.5 Å². The second kappa shape index (κ2) is 5.74. The molecule has 0 aliphatic carbocycles. The third-order valence-corrected chi connectivity index (χ3v) is 2.38. The van der Waals surface area contributed by atoms with Crippen LogP contribution in [0.15, 0.2) is 46.2 Å². The number of amides is 1. The fraction of sp³-hybridized carbons (Fsp3) is 0.0833. The Bertz CT molecular complexity index is 663. The molecule has 8 heteroatoms. The average Bonchev–Trinajstić information content (AvgIpc) is 2.95. The maximum absolute atomic E-state index is 11.7. The van der Waals surface area contributed by atoms with E-state index in [4.69, 9.17) is 4.42 Å². The molecule has 0 saturated carbocycles. The van der Waals surface area contributed by atoms with Crippen LogP contribution in [0, 0.1) is 10.1 Å². The number of rotatable bonds is 4. The average molecular weight is 274 g/mol. The summed E-state index contributed by atoms with van der Waals surface area (Å²) in [4.78, 5) is 25.3. The summed E-state index contributed by atoms with van der Waals surface area (Å²) in [6, 6.07) is 5.84. The van der Waals surface area contributed by atoms with Crippen molar-refractivity contribution in [3.8, 4) is 0 Å². The molecule has 2 heterocycles. The van der Waals surface area contributed by atoms with Gasteiger partial charge in [0, 0.05) is 12.4 Å². The molecule has 0 aliphatic heterocycles. The molecule has 0 saturated heterocycles. The minimum atomic E-state index is -0.648. The predicted octanol–water partition coefficient (Wildman–Crippen LogP) is 1.74. The molecule has 8 nitrogen and oxygen atoms in total. The molecule has 2 rings (SSSR count). The van der Waals surface area contributed by atoms with Crippen molar-refractivity contribution in [3.63, 3.8) is 0 Å². The minimum absolute atomic E-state index is 0.211. The summed E-state index contributed by atoms with van der Waals surface area (Å²) in [5, 5.41) is 14.3. The summed E-state index contributed by atoms with van der Waals surface area (Å²) in [5.74, 6) is -0.602. The predicted molar refractivity (Wildman–Crippen MR) is 69.3 cm³/mol. The molecule has 0 radical (unpaired) electrons. The minimum Gasteiger partial charge on any atom is -0.399 e. The zero-order valence-electron chi connectivity index (χ0n) is 10.4. The van der Waals surface area contributed by atoms with Crippen molar-refractivity contribution < 1.29 is 14.1 Å². The van der Waals surface area contributed by atoms with Gasteiger partial charge in [0.1, 0.15) is 10.6 Å². The molecule has 1 amide bonds. The molecule has 0 unspecified atom stereocenters. The van der Waals surface area contributed by atoms with E-state index in [1.165, 1.54) is 18.3 Å². The number of aromatic nitrogens is 1. The van der Waals surface area contributed by atoms with Gasteiger partial charge in [0.05, 0.1) is 11.6 Å². The first kappa shape index (κ1) is 13.4. The number of carbonyl (C=O) groups is 1. The monoisotopic (exact) mass is 274 g/mol. The third kappa shape index (κ3) is 3.05. The fourth-order valence-corrected chi connectivity index (χ4v) is 1.37. The molecule has 0 spiro atoms. The van der Waals surface area contributed by atoms with Gasteiger partial charge in [-0.1, -0.05) is 0 Å². The Labute approximate surface area is 113 Å².